The summed E-state index contributed by atoms with van der Waals surface area (Å²) in [5, 5.41) is 6.56. The monoisotopic (exact) mass is 404 g/mol. The molecule has 2 N–H and O–H groups in total. The maximum atomic E-state index is 12.3. The van der Waals surface area contributed by atoms with Crippen molar-refractivity contribution in [2.75, 3.05) is 32.7 Å². The highest BCUT2D eigenvalue weighted by Gasteiger charge is 2.26. The van der Waals surface area contributed by atoms with Crippen LogP contribution in [0.1, 0.15) is 31.7 Å². The molecule has 2 rings (SSSR count). The van der Waals surface area contributed by atoms with Gasteiger partial charge in [-0.3, -0.25) is 9.89 Å². The van der Waals surface area contributed by atoms with Gasteiger partial charge in [0, 0.05) is 31.2 Å². The summed E-state index contributed by atoms with van der Waals surface area (Å²) in [5.41, 5.74) is 1.14. The minimum absolute atomic E-state index is 0.161. The highest BCUT2D eigenvalue weighted by atomic mass is 35.5. The third-order valence-electron chi connectivity index (χ3n) is 4.61. The number of halogens is 4. The summed E-state index contributed by atoms with van der Waals surface area (Å²) >= 11 is 6.23. The second-order valence-electron chi connectivity index (χ2n) is 6.82. The molecular formula is C19H28ClF3N4. The molecule has 1 fully saturated rings. The lowest BCUT2D eigenvalue weighted by Gasteiger charge is -2.31. The Labute approximate surface area is 164 Å². The quantitative estimate of drug-likeness (QED) is 0.531. The summed E-state index contributed by atoms with van der Waals surface area (Å²) in [6.45, 7) is 5.78. The zero-order chi connectivity index (χ0) is 19.7. The Bertz CT molecular complexity index is 599. The average Bonchev–Trinajstić information content (AvgIpc) is 2.62. The Morgan fingerprint density at radius 2 is 1.93 bits per heavy atom. The third kappa shape index (κ3) is 8.39. The van der Waals surface area contributed by atoms with E-state index in [2.05, 4.69) is 20.5 Å². The molecule has 0 spiro atoms. The summed E-state index contributed by atoms with van der Waals surface area (Å²) in [4.78, 5) is 6.85. The number of nitrogens with one attached hydrogen (secondary N) is 2. The third-order valence-corrected chi connectivity index (χ3v) is 4.98. The van der Waals surface area contributed by atoms with Crippen molar-refractivity contribution in [2.24, 2.45) is 10.9 Å². The fourth-order valence-electron chi connectivity index (χ4n) is 3.08. The maximum Gasteiger partial charge on any atom is 0.390 e. The number of aliphatic imine (C=N–C) groups is 1. The number of alkyl halides is 3. The van der Waals surface area contributed by atoms with Gasteiger partial charge in [-0.2, -0.15) is 13.2 Å². The van der Waals surface area contributed by atoms with E-state index in [1.54, 1.807) is 0 Å². The topological polar surface area (TPSA) is 39.7 Å². The smallest absolute Gasteiger partial charge is 0.357 e. The van der Waals surface area contributed by atoms with Crippen LogP contribution in [0.4, 0.5) is 13.2 Å². The van der Waals surface area contributed by atoms with Gasteiger partial charge in [0.2, 0.25) is 0 Å². The minimum atomic E-state index is -4.15. The second kappa shape index (κ2) is 10.8. The summed E-state index contributed by atoms with van der Waals surface area (Å²) in [6, 6.07) is 7.89. The highest BCUT2D eigenvalue weighted by molar-refractivity contribution is 6.31. The van der Waals surface area contributed by atoms with E-state index in [-0.39, 0.29) is 6.54 Å². The molecule has 0 unspecified atom stereocenters. The normalized spacial score (nSPS) is 17.1. The van der Waals surface area contributed by atoms with Crippen molar-refractivity contribution in [2.45, 2.75) is 38.9 Å². The van der Waals surface area contributed by atoms with Crippen LogP contribution in [-0.4, -0.2) is 49.8 Å². The lowest BCUT2D eigenvalue weighted by molar-refractivity contribution is -0.132. The molecule has 1 aliphatic rings. The molecular weight excluding hydrogens is 377 g/mol. The van der Waals surface area contributed by atoms with Crippen LogP contribution < -0.4 is 10.6 Å². The average molecular weight is 405 g/mol. The predicted molar refractivity (Wildman–Crippen MR) is 104 cm³/mol. The van der Waals surface area contributed by atoms with E-state index in [1.165, 1.54) is 0 Å². The van der Waals surface area contributed by atoms with Crippen molar-refractivity contribution >= 4 is 17.6 Å². The van der Waals surface area contributed by atoms with E-state index in [0.717, 1.165) is 43.1 Å². The van der Waals surface area contributed by atoms with Crippen LogP contribution in [0.25, 0.3) is 0 Å². The first-order valence-corrected chi connectivity index (χ1v) is 9.80. The molecule has 8 heteroatoms. The molecule has 1 aliphatic heterocycles. The molecule has 1 saturated heterocycles. The van der Waals surface area contributed by atoms with Crippen molar-refractivity contribution in [3.8, 4) is 0 Å². The lowest BCUT2D eigenvalue weighted by atomic mass is 9.96. The SMILES string of the molecule is CCNC(=NCC1CCN(Cc2ccccc2Cl)CC1)NCCC(F)(F)F. The van der Waals surface area contributed by atoms with Gasteiger partial charge in [0.05, 0.1) is 6.42 Å². The van der Waals surface area contributed by atoms with E-state index < -0.39 is 12.6 Å². The minimum Gasteiger partial charge on any atom is -0.357 e. The van der Waals surface area contributed by atoms with E-state index >= 15 is 0 Å². The van der Waals surface area contributed by atoms with Gasteiger partial charge in [-0.15, -0.1) is 0 Å². The largest absolute Gasteiger partial charge is 0.390 e. The molecule has 0 aliphatic carbocycles. The maximum absolute atomic E-state index is 12.3. The molecule has 0 radical (unpaired) electrons. The molecule has 0 amide bonds. The van der Waals surface area contributed by atoms with Gasteiger partial charge < -0.3 is 10.6 Å². The van der Waals surface area contributed by atoms with Crippen LogP contribution in [0, 0.1) is 5.92 Å². The number of benzene rings is 1. The molecule has 27 heavy (non-hydrogen) atoms. The Hall–Kier alpha value is -1.47. The van der Waals surface area contributed by atoms with Crippen molar-refractivity contribution in [3.05, 3.63) is 34.9 Å². The number of nitrogens with zero attached hydrogens (tertiary/aromatic N) is 2. The zero-order valence-corrected chi connectivity index (χ0v) is 16.4. The molecule has 0 bridgehead atoms. The fraction of sp³-hybridized carbons (Fsp3) is 0.632. The van der Waals surface area contributed by atoms with Crippen molar-refractivity contribution < 1.29 is 13.2 Å². The first-order chi connectivity index (χ1) is 12.9. The molecule has 1 aromatic rings. The van der Waals surface area contributed by atoms with Gasteiger partial charge in [0.25, 0.3) is 0 Å². The van der Waals surface area contributed by atoms with Crippen LogP contribution in [0.5, 0.6) is 0 Å². The zero-order valence-electron chi connectivity index (χ0n) is 15.7. The number of guanidine groups is 1. The van der Waals surface area contributed by atoms with Gasteiger partial charge in [0.1, 0.15) is 0 Å². The van der Waals surface area contributed by atoms with Gasteiger partial charge >= 0.3 is 6.18 Å². The molecule has 152 valence electrons. The van der Waals surface area contributed by atoms with Crippen molar-refractivity contribution in [3.63, 3.8) is 0 Å². The molecule has 1 heterocycles. The van der Waals surface area contributed by atoms with Gasteiger partial charge in [-0.1, -0.05) is 29.8 Å². The van der Waals surface area contributed by atoms with Crippen molar-refractivity contribution in [1.82, 2.24) is 15.5 Å². The van der Waals surface area contributed by atoms with E-state index in [1.807, 2.05) is 31.2 Å². The van der Waals surface area contributed by atoms with Crippen LogP contribution in [0.2, 0.25) is 5.02 Å². The Morgan fingerprint density at radius 3 is 2.56 bits per heavy atom. The fourth-order valence-corrected chi connectivity index (χ4v) is 3.27. The highest BCUT2D eigenvalue weighted by Crippen LogP contribution is 2.22. The number of piperidine rings is 1. The Kier molecular flexibility index (Phi) is 8.70. The first kappa shape index (κ1) is 21.8. The number of rotatable bonds is 7. The van der Waals surface area contributed by atoms with Crippen LogP contribution in [-0.2, 0) is 6.54 Å². The van der Waals surface area contributed by atoms with Crippen LogP contribution in [0.3, 0.4) is 0 Å². The molecule has 4 nitrogen and oxygen atoms in total. The second-order valence-corrected chi connectivity index (χ2v) is 7.23. The van der Waals surface area contributed by atoms with Crippen LogP contribution >= 0.6 is 11.6 Å². The number of likely N-dealkylation sites (tertiary alicyclic amines) is 1. The predicted octanol–water partition coefficient (Wildman–Crippen LogP) is 4.06. The van der Waals surface area contributed by atoms with E-state index in [9.17, 15) is 13.2 Å². The molecule has 0 atom stereocenters. The van der Waals surface area contributed by atoms with Crippen molar-refractivity contribution in [1.29, 1.82) is 0 Å². The van der Waals surface area contributed by atoms with Gasteiger partial charge in [-0.25, -0.2) is 0 Å². The summed E-state index contributed by atoms with van der Waals surface area (Å²) in [6.07, 6.45) is -2.97. The summed E-state index contributed by atoms with van der Waals surface area (Å²) in [7, 11) is 0. The molecule has 1 aromatic carbocycles. The molecule has 0 aromatic heterocycles. The van der Waals surface area contributed by atoms with Gasteiger partial charge in [0.15, 0.2) is 5.96 Å². The first-order valence-electron chi connectivity index (χ1n) is 9.42. The summed E-state index contributed by atoms with van der Waals surface area (Å²) in [5.74, 6) is 0.908. The molecule has 0 saturated carbocycles. The van der Waals surface area contributed by atoms with Crippen LogP contribution in [0.15, 0.2) is 29.3 Å². The summed E-state index contributed by atoms with van der Waals surface area (Å²) < 4.78 is 36.8. The number of hydrogen-bond donors (Lipinski definition) is 2. The number of hydrogen-bond acceptors (Lipinski definition) is 2. The Balaban J connectivity index is 1.75. The van der Waals surface area contributed by atoms with Gasteiger partial charge in [-0.05, 0) is 50.4 Å². The lowest BCUT2D eigenvalue weighted by Crippen LogP contribution is -2.40. The van der Waals surface area contributed by atoms with E-state index in [0.29, 0.717) is 25.0 Å². The standard InChI is InChI=1S/C19H28ClF3N4/c1-2-24-18(25-10-9-19(21,22)23)26-13-15-7-11-27(12-8-15)14-16-5-3-4-6-17(16)20/h3-6,15H,2,7-14H2,1H3,(H2,24,25,26). The van der Waals surface area contributed by atoms with E-state index in [4.69, 9.17) is 11.6 Å². The Morgan fingerprint density at radius 1 is 1.22 bits per heavy atom.